The zero-order valence-corrected chi connectivity index (χ0v) is 12.3. The summed E-state index contributed by atoms with van der Waals surface area (Å²) < 4.78 is 5.15. The van der Waals surface area contributed by atoms with Crippen LogP contribution in [0.1, 0.15) is 49.6 Å². The molecule has 2 heterocycles. The molecule has 104 valence electrons. The molecule has 2 atom stereocenters. The molecule has 0 N–H and O–H groups in total. The predicted octanol–water partition coefficient (Wildman–Crippen LogP) is 2.72. The van der Waals surface area contributed by atoms with Crippen molar-refractivity contribution in [3.8, 4) is 0 Å². The fourth-order valence-electron chi connectivity index (χ4n) is 3.03. The highest BCUT2D eigenvalue weighted by Gasteiger charge is 2.35. The van der Waals surface area contributed by atoms with Crippen LogP contribution in [0.5, 0.6) is 0 Å². The van der Waals surface area contributed by atoms with E-state index in [1.165, 1.54) is 17.7 Å². The summed E-state index contributed by atoms with van der Waals surface area (Å²) in [7, 11) is 0. The third-order valence-corrected chi connectivity index (χ3v) is 5.24. The van der Waals surface area contributed by atoms with Crippen LogP contribution >= 0.6 is 11.3 Å². The van der Waals surface area contributed by atoms with Gasteiger partial charge in [-0.3, -0.25) is 4.79 Å². The lowest BCUT2D eigenvalue weighted by Crippen LogP contribution is -2.26. The van der Waals surface area contributed by atoms with E-state index in [0.717, 1.165) is 30.2 Å². The third-order valence-electron chi connectivity index (χ3n) is 4.08. The molecule has 5 heteroatoms. The highest BCUT2D eigenvalue weighted by Crippen LogP contribution is 2.41. The van der Waals surface area contributed by atoms with Gasteiger partial charge in [0.2, 0.25) is 0 Å². The summed E-state index contributed by atoms with van der Waals surface area (Å²) in [6.07, 6.45) is 4.32. The van der Waals surface area contributed by atoms with E-state index in [9.17, 15) is 4.79 Å². The van der Waals surface area contributed by atoms with E-state index >= 15 is 0 Å². The molecule has 2 unspecified atom stereocenters. The Hall–Kier alpha value is -1.10. The Kier molecular flexibility index (Phi) is 3.48. The number of hydrogen-bond acceptors (Lipinski definition) is 5. The highest BCUT2D eigenvalue weighted by atomic mass is 32.1. The summed E-state index contributed by atoms with van der Waals surface area (Å²) in [5, 5.41) is 1.10. The van der Waals surface area contributed by atoms with Gasteiger partial charge in [0, 0.05) is 17.5 Å². The van der Waals surface area contributed by atoms with Crippen molar-refractivity contribution < 1.29 is 9.53 Å². The maximum absolute atomic E-state index is 11.9. The van der Waals surface area contributed by atoms with Gasteiger partial charge in [-0.05, 0) is 39.5 Å². The van der Waals surface area contributed by atoms with Crippen molar-refractivity contribution >= 4 is 22.4 Å². The van der Waals surface area contributed by atoms with Gasteiger partial charge in [0.1, 0.15) is 5.92 Å². The first-order valence-electron chi connectivity index (χ1n) is 7.13. The Morgan fingerprint density at radius 2 is 2.37 bits per heavy atom. The number of hydrogen-bond donors (Lipinski definition) is 0. The summed E-state index contributed by atoms with van der Waals surface area (Å²) in [5.41, 5.74) is 0.984. The first-order valence-corrected chi connectivity index (χ1v) is 7.95. The van der Waals surface area contributed by atoms with Crippen LogP contribution < -0.4 is 4.90 Å². The van der Waals surface area contributed by atoms with Gasteiger partial charge in [-0.25, -0.2) is 4.98 Å². The van der Waals surface area contributed by atoms with Crippen LogP contribution in [0.2, 0.25) is 0 Å². The SMILES string of the molecule is CCOC(=O)C1CCc2sc(N3CCCC3C)nc21. The van der Waals surface area contributed by atoms with Gasteiger partial charge < -0.3 is 9.64 Å². The van der Waals surface area contributed by atoms with Gasteiger partial charge in [-0.1, -0.05) is 0 Å². The Morgan fingerprint density at radius 1 is 1.53 bits per heavy atom. The van der Waals surface area contributed by atoms with Crippen molar-refractivity contribution in [2.24, 2.45) is 0 Å². The first-order chi connectivity index (χ1) is 9.20. The van der Waals surface area contributed by atoms with Gasteiger partial charge in [0.25, 0.3) is 0 Å². The molecule has 1 aliphatic carbocycles. The number of fused-ring (bicyclic) bond motifs is 1. The molecule has 1 aliphatic heterocycles. The molecule has 1 saturated heterocycles. The number of carbonyl (C=O) groups excluding carboxylic acids is 1. The molecule has 1 aromatic rings. The molecular weight excluding hydrogens is 260 g/mol. The van der Waals surface area contributed by atoms with Crippen molar-refractivity contribution in [1.29, 1.82) is 0 Å². The van der Waals surface area contributed by atoms with Crippen molar-refractivity contribution in [1.82, 2.24) is 4.98 Å². The molecule has 1 aromatic heterocycles. The average Bonchev–Trinajstić information content (AvgIpc) is 3.02. The van der Waals surface area contributed by atoms with Crippen LogP contribution in [0.4, 0.5) is 5.13 Å². The van der Waals surface area contributed by atoms with E-state index in [2.05, 4.69) is 11.8 Å². The molecule has 0 aromatic carbocycles. The highest BCUT2D eigenvalue weighted by molar-refractivity contribution is 7.15. The quantitative estimate of drug-likeness (QED) is 0.798. The molecule has 0 spiro atoms. The minimum atomic E-state index is -0.127. The Morgan fingerprint density at radius 3 is 3.05 bits per heavy atom. The Balaban J connectivity index is 1.82. The van der Waals surface area contributed by atoms with E-state index in [-0.39, 0.29) is 11.9 Å². The topological polar surface area (TPSA) is 42.4 Å². The lowest BCUT2D eigenvalue weighted by atomic mass is 10.1. The number of nitrogens with zero attached hydrogens (tertiary/aromatic N) is 2. The fourth-order valence-corrected chi connectivity index (χ4v) is 4.29. The van der Waals surface area contributed by atoms with Crippen molar-refractivity contribution in [3.05, 3.63) is 10.6 Å². The van der Waals surface area contributed by atoms with Gasteiger partial charge in [0.15, 0.2) is 5.13 Å². The second kappa shape index (κ2) is 5.12. The number of rotatable bonds is 3. The zero-order chi connectivity index (χ0) is 13.4. The van der Waals surface area contributed by atoms with Crippen molar-refractivity contribution in [2.75, 3.05) is 18.1 Å². The molecule has 19 heavy (non-hydrogen) atoms. The normalized spacial score (nSPS) is 25.7. The van der Waals surface area contributed by atoms with Gasteiger partial charge in [-0.2, -0.15) is 0 Å². The van der Waals surface area contributed by atoms with Crippen LogP contribution in [-0.4, -0.2) is 30.1 Å². The Labute approximate surface area is 117 Å². The largest absolute Gasteiger partial charge is 0.465 e. The number of esters is 1. The minimum absolute atomic E-state index is 0.104. The number of aryl methyl sites for hydroxylation is 1. The minimum Gasteiger partial charge on any atom is -0.465 e. The summed E-state index contributed by atoms with van der Waals surface area (Å²) in [5.74, 6) is -0.231. The fraction of sp³-hybridized carbons (Fsp3) is 0.714. The molecule has 4 nitrogen and oxygen atoms in total. The molecule has 0 amide bonds. The monoisotopic (exact) mass is 280 g/mol. The van der Waals surface area contributed by atoms with Crippen LogP contribution in [0.15, 0.2) is 0 Å². The molecule has 0 saturated carbocycles. The van der Waals surface area contributed by atoms with Gasteiger partial charge >= 0.3 is 5.97 Å². The van der Waals surface area contributed by atoms with Crippen LogP contribution in [0, 0.1) is 0 Å². The van der Waals surface area contributed by atoms with E-state index in [1.807, 2.05) is 6.92 Å². The second-order valence-electron chi connectivity index (χ2n) is 5.33. The van der Waals surface area contributed by atoms with E-state index < -0.39 is 0 Å². The maximum atomic E-state index is 11.9. The van der Waals surface area contributed by atoms with Crippen molar-refractivity contribution in [2.45, 2.75) is 51.5 Å². The zero-order valence-electron chi connectivity index (χ0n) is 11.5. The molecular formula is C14H20N2O2S. The van der Waals surface area contributed by atoms with E-state index in [1.54, 1.807) is 11.3 Å². The molecule has 3 rings (SSSR count). The number of thiazole rings is 1. The van der Waals surface area contributed by atoms with Crippen molar-refractivity contribution in [3.63, 3.8) is 0 Å². The summed E-state index contributed by atoms with van der Waals surface area (Å²) in [6, 6.07) is 0.576. The summed E-state index contributed by atoms with van der Waals surface area (Å²) in [4.78, 5) is 20.3. The van der Waals surface area contributed by atoms with E-state index in [4.69, 9.17) is 9.72 Å². The average molecular weight is 280 g/mol. The van der Waals surface area contributed by atoms with Gasteiger partial charge in [0.05, 0.1) is 12.3 Å². The van der Waals surface area contributed by atoms with E-state index in [0.29, 0.717) is 12.6 Å². The summed E-state index contributed by atoms with van der Waals surface area (Å²) in [6.45, 7) is 5.65. The lowest BCUT2D eigenvalue weighted by Gasteiger charge is -2.20. The number of ether oxygens (including phenoxy) is 1. The molecule has 0 bridgehead atoms. The lowest BCUT2D eigenvalue weighted by molar-refractivity contribution is -0.145. The van der Waals surface area contributed by atoms with Crippen LogP contribution in [0.25, 0.3) is 0 Å². The van der Waals surface area contributed by atoms with Crippen LogP contribution in [-0.2, 0) is 16.0 Å². The standard InChI is InChI=1S/C14H20N2O2S/c1-3-18-13(17)10-6-7-11-12(10)15-14(19-11)16-8-4-5-9(16)2/h9-10H,3-8H2,1-2H3. The maximum Gasteiger partial charge on any atom is 0.315 e. The predicted molar refractivity (Wildman–Crippen MR) is 75.9 cm³/mol. The molecule has 2 aliphatic rings. The molecule has 0 radical (unpaired) electrons. The smallest absolute Gasteiger partial charge is 0.315 e. The third kappa shape index (κ3) is 2.24. The number of aromatic nitrogens is 1. The van der Waals surface area contributed by atoms with Crippen LogP contribution in [0.3, 0.4) is 0 Å². The Bertz CT molecular complexity index is 486. The molecule has 1 fully saturated rings. The summed E-state index contributed by atoms with van der Waals surface area (Å²) >= 11 is 1.77. The van der Waals surface area contributed by atoms with Gasteiger partial charge in [-0.15, -0.1) is 11.3 Å². The second-order valence-corrected chi connectivity index (χ2v) is 6.39. The first kappa shape index (κ1) is 12.9. The number of carbonyl (C=O) groups is 1. The number of anilines is 1.